The second-order valence-corrected chi connectivity index (χ2v) is 6.89. The molecule has 1 heterocycles. The fourth-order valence-electron chi connectivity index (χ4n) is 3.90. The summed E-state index contributed by atoms with van der Waals surface area (Å²) in [6.07, 6.45) is 0. The van der Waals surface area contributed by atoms with E-state index < -0.39 is 0 Å². The lowest BCUT2D eigenvalue weighted by molar-refractivity contribution is 0.606. The fourth-order valence-corrected chi connectivity index (χ4v) is 4.20. The van der Waals surface area contributed by atoms with E-state index in [1.807, 2.05) is 48.5 Å². The molecule has 0 amide bonds. The van der Waals surface area contributed by atoms with Gasteiger partial charge in [-0.15, -0.1) is 0 Å². The highest BCUT2D eigenvalue weighted by atomic mass is 35.5. The summed E-state index contributed by atoms with van der Waals surface area (Å²) in [6, 6.07) is 27.3. The molecule has 0 N–H and O–H groups in total. The highest BCUT2D eigenvalue weighted by molar-refractivity contribution is 6.30. The number of halogens is 2. The average molecular weight is 360 g/mol. The van der Waals surface area contributed by atoms with Gasteiger partial charge in [0.25, 0.3) is 0 Å². The zero-order valence-corrected chi connectivity index (χ0v) is 14.6. The quantitative estimate of drug-likeness (QED) is 0.339. The summed E-state index contributed by atoms with van der Waals surface area (Å²) in [7, 11) is 0. The number of para-hydroxylation sites is 1. The minimum absolute atomic E-state index is 0.193. The molecule has 5 rings (SSSR count). The van der Waals surface area contributed by atoms with E-state index in [2.05, 4.69) is 24.3 Å². The largest absolute Gasteiger partial charge is 0.253 e. The van der Waals surface area contributed by atoms with Gasteiger partial charge in [0.05, 0.1) is 11.4 Å². The molecule has 1 atom stereocenters. The summed E-state index contributed by atoms with van der Waals surface area (Å²) in [5, 5.41) is 2.24. The van der Waals surface area contributed by atoms with E-state index in [4.69, 9.17) is 11.8 Å². The molecule has 0 aromatic heterocycles. The highest BCUT2D eigenvalue weighted by Gasteiger charge is 2.32. The first kappa shape index (κ1) is 15.4. The van der Waals surface area contributed by atoms with Crippen LogP contribution in [0.5, 0.6) is 0 Å². The smallest absolute Gasteiger partial charge is 0.127 e. The van der Waals surface area contributed by atoms with Crippen LogP contribution in [-0.2, 0) is 0 Å². The third-order valence-corrected chi connectivity index (χ3v) is 5.46. The molecule has 1 aliphatic rings. The SMILES string of the molecule is Fc1ccccc1C1c2ccccc2N(Cl)c2cc3ccccc3cc21. The number of hydrogen-bond acceptors (Lipinski definition) is 1. The molecule has 0 spiro atoms. The van der Waals surface area contributed by atoms with Crippen LogP contribution in [-0.4, -0.2) is 0 Å². The Kier molecular flexibility index (Phi) is 3.47. The molecule has 26 heavy (non-hydrogen) atoms. The highest BCUT2D eigenvalue weighted by Crippen LogP contribution is 2.50. The summed E-state index contributed by atoms with van der Waals surface area (Å²) >= 11 is 6.71. The van der Waals surface area contributed by atoms with Crippen LogP contribution >= 0.6 is 11.8 Å². The van der Waals surface area contributed by atoms with Crippen molar-refractivity contribution >= 4 is 33.9 Å². The Morgan fingerprint density at radius 2 is 1.27 bits per heavy atom. The van der Waals surface area contributed by atoms with Crippen molar-refractivity contribution < 1.29 is 4.39 Å². The number of hydrogen-bond donors (Lipinski definition) is 0. The molecule has 1 aliphatic heterocycles. The summed E-state index contributed by atoms with van der Waals surface area (Å²) in [5.41, 5.74) is 4.49. The van der Waals surface area contributed by atoms with Crippen LogP contribution in [0.3, 0.4) is 0 Å². The van der Waals surface area contributed by atoms with Crippen molar-refractivity contribution in [2.75, 3.05) is 4.42 Å². The Morgan fingerprint density at radius 1 is 0.654 bits per heavy atom. The topological polar surface area (TPSA) is 3.24 Å². The lowest BCUT2D eigenvalue weighted by Crippen LogP contribution is -2.19. The molecule has 4 aromatic carbocycles. The van der Waals surface area contributed by atoms with Crippen LogP contribution < -0.4 is 4.42 Å². The van der Waals surface area contributed by atoms with Gasteiger partial charge in [0.1, 0.15) is 5.82 Å². The standard InChI is InChI=1S/C23H15ClFN/c24-26-21-12-6-4-10-18(21)23(17-9-3-5-11-20(17)25)19-13-15-7-1-2-8-16(15)14-22(19)26/h1-14,23H. The van der Waals surface area contributed by atoms with Crippen LogP contribution in [0.15, 0.2) is 84.9 Å². The summed E-state index contributed by atoms with van der Waals surface area (Å²) in [6.45, 7) is 0. The van der Waals surface area contributed by atoms with Gasteiger partial charge in [-0.25, -0.2) is 4.39 Å². The van der Waals surface area contributed by atoms with E-state index in [1.54, 1.807) is 10.5 Å². The number of nitrogens with zero attached hydrogens (tertiary/aromatic N) is 1. The lowest BCUT2D eigenvalue weighted by atomic mass is 9.80. The Morgan fingerprint density at radius 3 is 2.04 bits per heavy atom. The van der Waals surface area contributed by atoms with E-state index in [1.165, 1.54) is 6.07 Å². The molecule has 4 aromatic rings. The first-order valence-corrected chi connectivity index (χ1v) is 8.90. The summed E-state index contributed by atoms with van der Waals surface area (Å²) < 4.78 is 16.4. The van der Waals surface area contributed by atoms with Gasteiger partial charge in [-0.05, 0) is 51.7 Å². The monoisotopic (exact) mass is 359 g/mol. The van der Waals surface area contributed by atoms with Gasteiger partial charge in [-0.2, -0.15) is 0 Å². The first-order chi connectivity index (χ1) is 12.7. The Balaban J connectivity index is 1.86. The first-order valence-electron chi connectivity index (χ1n) is 8.56. The van der Waals surface area contributed by atoms with E-state index in [-0.39, 0.29) is 11.7 Å². The predicted octanol–water partition coefficient (Wildman–Crippen LogP) is 6.76. The van der Waals surface area contributed by atoms with Crippen molar-refractivity contribution in [3.8, 4) is 0 Å². The van der Waals surface area contributed by atoms with Gasteiger partial charge < -0.3 is 0 Å². The zero-order valence-electron chi connectivity index (χ0n) is 13.9. The van der Waals surface area contributed by atoms with Crippen LogP contribution in [0, 0.1) is 5.82 Å². The number of fused-ring (bicyclic) bond motifs is 3. The van der Waals surface area contributed by atoms with Gasteiger partial charge in [-0.3, -0.25) is 4.42 Å². The van der Waals surface area contributed by atoms with Crippen molar-refractivity contribution in [2.24, 2.45) is 0 Å². The molecule has 0 saturated carbocycles. The lowest BCUT2D eigenvalue weighted by Gasteiger charge is -2.34. The number of benzene rings is 4. The van der Waals surface area contributed by atoms with E-state index >= 15 is 0 Å². The van der Waals surface area contributed by atoms with Crippen LogP contribution in [0.1, 0.15) is 22.6 Å². The molecule has 0 radical (unpaired) electrons. The van der Waals surface area contributed by atoms with Gasteiger partial charge in [-0.1, -0.05) is 60.7 Å². The minimum Gasteiger partial charge on any atom is -0.253 e. The molecule has 126 valence electrons. The summed E-state index contributed by atoms with van der Waals surface area (Å²) in [5.74, 6) is -0.392. The Labute approximate surface area is 156 Å². The Bertz CT molecular complexity index is 1140. The second-order valence-electron chi connectivity index (χ2n) is 6.55. The second kappa shape index (κ2) is 5.86. The molecule has 0 fully saturated rings. The van der Waals surface area contributed by atoms with Crippen molar-refractivity contribution in [1.82, 2.24) is 0 Å². The van der Waals surface area contributed by atoms with E-state index in [0.29, 0.717) is 5.56 Å². The summed E-state index contributed by atoms with van der Waals surface area (Å²) in [4.78, 5) is 0. The van der Waals surface area contributed by atoms with Gasteiger partial charge in [0.15, 0.2) is 0 Å². The van der Waals surface area contributed by atoms with Crippen molar-refractivity contribution in [1.29, 1.82) is 0 Å². The van der Waals surface area contributed by atoms with Gasteiger partial charge >= 0.3 is 0 Å². The van der Waals surface area contributed by atoms with Gasteiger partial charge in [0.2, 0.25) is 0 Å². The van der Waals surface area contributed by atoms with Crippen molar-refractivity contribution in [3.05, 3.63) is 107 Å². The number of anilines is 2. The molecule has 3 heteroatoms. The fraction of sp³-hybridized carbons (Fsp3) is 0.0435. The zero-order chi connectivity index (χ0) is 17.7. The third-order valence-electron chi connectivity index (χ3n) is 5.09. The van der Waals surface area contributed by atoms with Crippen molar-refractivity contribution in [3.63, 3.8) is 0 Å². The van der Waals surface area contributed by atoms with E-state index in [0.717, 1.165) is 33.3 Å². The molecule has 0 saturated heterocycles. The minimum atomic E-state index is -0.200. The van der Waals surface area contributed by atoms with Crippen molar-refractivity contribution in [2.45, 2.75) is 5.92 Å². The molecule has 1 nitrogen and oxygen atoms in total. The molecule has 1 unspecified atom stereocenters. The maximum absolute atomic E-state index is 14.7. The molecule has 0 bridgehead atoms. The maximum Gasteiger partial charge on any atom is 0.127 e. The number of rotatable bonds is 1. The normalized spacial score (nSPS) is 15.6. The molecular formula is C23H15ClFN. The third kappa shape index (κ3) is 2.23. The van der Waals surface area contributed by atoms with Crippen LogP contribution in [0.4, 0.5) is 15.8 Å². The Hall–Kier alpha value is -2.84. The van der Waals surface area contributed by atoms with Crippen LogP contribution in [0.25, 0.3) is 10.8 Å². The molecular weight excluding hydrogens is 345 g/mol. The van der Waals surface area contributed by atoms with E-state index in [9.17, 15) is 4.39 Å². The molecule has 0 aliphatic carbocycles. The predicted molar refractivity (Wildman–Crippen MR) is 106 cm³/mol. The van der Waals surface area contributed by atoms with Gasteiger partial charge in [0, 0.05) is 17.7 Å². The maximum atomic E-state index is 14.7. The average Bonchev–Trinajstić information content (AvgIpc) is 2.68. The van der Waals surface area contributed by atoms with Crippen LogP contribution in [0.2, 0.25) is 0 Å².